The lowest BCUT2D eigenvalue weighted by atomic mass is 10.1. The molecule has 39 heavy (non-hydrogen) atoms. The quantitative estimate of drug-likeness (QED) is 0.374. The normalized spacial score (nSPS) is 15.2. The van der Waals surface area contributed by atoms with Crippen LogP contribution in [0.4, 0.5) is 18.9 Å². The SMILES string of the molecule is C[C@@H](C(=O)NC1CCCC1)N(Cc1c(Cl)cccc1Cl)C(=O)CN(c1cc(C(F)(F)F)ccc1Cl)S(C)(=O)=O. The van der Waals surface area contributed by atoms with E-state index in [1.807, 2.05) is 0 Å². The molecule has 0 spiro atoms. The Labute approximate surface area is 240 Å². The highest BCUT2D eigenvalue weighted by atomic mass is 35.5. The summed E-state index contributed by atoms with van der Waals surface area (Å²) in [6, 6.07) is 5.69. The number of sulfonamides is 1. The minimum atomic E-state index is -4.79. The summed E-state index contributed by atoms with van der Waals surface area (Å²) in [4.78, 5) is 27.9. The van der Waals surface area contributed by atoms with Crippen molar-refractivity contribution >= 4 is 62.3 Å². The van der Waals surface area contributed by atoms with Crippen LogP contribution in [0.3, 0.4) is 0 Å². The van der Waals surface area contributed by atoms with Crippen LogP contribution >= 0.6 is 34.8 Å². The predicted molar refractivity (Wildman–Crippen MR) is 146 cm³/mol. The van der Waals surface area contributed by atoms with E-state index >= 15 is 0 Å². The maximum Gasteiger partial charge on any atom is 0.416 e. The van der Waals surface area contributed by atoms with Crippen LogP contribution in [0.15, 0.2) is 36.4 Å². The molecule has 3 rings (SSSR count). The van der Waals surface area contributed by atoms with Crippen molar-refractivity contribution in [2.45, 2.75) is 57.4 Å². The topological polar surface area (TPSA) is 86.8 Å². The summed E-state index contributed by atoms with van der Waals surface area (Å²) in [6.45, 7) is 0.280. The number of carbonyl (C=O) groups excluding carboxylic acids is 2. The van der Waals surface area contributed by atoms with Crippen molar-refractivity contribution in [2.75, 3.05) is 17.1 Å². The molecule has 1 atom stereocenters. The monoisotopic (exact) mass is 627 g/mol. The van der Waals surface area contributed by atoms with Crippen LogP contribution in [0.2, 0.25) is 15.1 Å². The summed E-state index contributed by atoms with van der Waals surface area (Å²) in [6.07, 6.45) is -0.553. The Kier molecular flexibility index (Phi) is 10.1. The van der Waals surface area contributed by atoms with Gasteiger partial charge in [-0.05, 0) is 50.1 Å². The largest absolute Gasteiger partial charge is 0.416 e. The molecule has 0 heterocycles. The summed E-state index contributed by atoms with van der Waals surface area (Å²) in [5.74, 6) is -1.35. The van der Waals surface area contributed by atoms with Gasteiger partial charge in [-0.25, -0.2) is 8.42 Å². The average Bonchev–Trinajstić information content (AvgIpc) is 3.34. The van der Waals surface area contributed by atoms with Gasteiger partial charge in [-0.3, -0.25) is 13.9 Å². The van der Waals surface area contributed by atoms with Crippen LogP contribution < -0.4 is 9.62 Å². The Morgan fingerprint density at radius 2 is 1.64 bits per heavy atom. The lowest BCUT2D eigenvalue weighted by molar-refractivity contribution is -0.139. The van der Waals surface area contributed by atoms with Gasteiger partial charge in [-0.15, -0.1) is 0 Å². The highest BCUT2D eigenvalue weighted by Crippen LogP contribution is 2.36. The molecule has 0 radical (unpaired) electrons. The number of alkyl halides is 3. The molecule has 2 aromatic rings. The average molecular weight is 629 g/mol. The predicted octanol–water partition coefficient (Wildman–Crippen LogP) is 5.91. The van der Waals surface area contributed by atoms with E-state index in [1.165, 1.54) is 6.92 Å². The molecule has 214 valence electrons. The second kappa shape index (κ2) is 12.5. The number of amides is 2. The van der Waals surface area contributed by atoms with Crippen molar-refractivity contribution < 1.29 is 31.2 Å². The number of hydrogen-bond donors (Lipinski definition) is 1. The molecule has 0 aliphatic heterocycles. The molecule has 1 aliphatic carbocycles. The van der Waals surface area contributed by atoms with Gasteiger partial charge in [0.25, 0.3) is 0 Å². The van der Waals surface area contributed by atoms with Crippen molar-refractivity contribution in [1.29, 1.82) is 0 Å². The lowest BCUT2D eigenvalue weighted by Crippen LogP contribution is -2.52. The van der Waals surface area contributed by atoms with Gasteiger partial charge in [-0.2, -0.15) is 13.2 Å². The van der Waals surface area contributed by atoms with Crippen molar-refractivity contribution in [1.82, 2.24) is 10.2 Å². The molecular formula is C25H27Cl3F3N3O4S. The Balaban J connectivity index is 2.00. The molecule has 0 unspecified atom stereocenters. The van der Waals surface area contributed by atoms with Crippen LogP contribution in [0.1, 0.15) is 43.7 Å². The van der Waals surface area contributed by atoms with Gasteiger partial charge in [-0.1, -0.05) is 53.7 Å². The van der Waals surface area contributed by atoms with Crippen molar-refractivity contribution in [3.63, 3.8) is 0 Å². The molecular weight excluding hydrogens is 602 g/mol. The van der Waals surface area contributed by atoms with E-state index < -0.39 is 51.9 Å². The maximum absolute atomic E-state index is 13.7. The summed E-state index contributed by atoms with van der Waals surface area (Å²) in [7, 11) is -4.30. The van der Waals surface area contributed by atoms with E-state index in [9.17, 15) is 31.2 Å². The van der Waals surface area contributed by atoms with Crippen molar-refractivity contribution in [2.24, 2.45) is 0 Å². The van der Waals surface area contributed by atoms with E-state index in [1.54, 1.807) is 18.2 Å². The number of benzene rings is 2. The first-order valence-electron chi connectivity index (χ1n) is 12.0. The van der Waals surface area contributed by atoms with Crippen LogP contribution in [-0.4, -0.2) is 50.0 Å². The Bertz CT molecular complexity index is 1320. The molecule has 0 saturated heterocycles. The van der Waals surface area contributed by atoms with Crippen LogP contribution in [0.5, 0.6) is 0 Å². The fraction of sp³-hybridized carbons (Fsp3) is 0.440. The Morgan fingerprint density at radius 1 is 1.05 bits per heavy atom. The first-order valence-corrected chi connectivity index (χ1v) is 14.9. The summed E-state index contributed by atoms with van der Waals surface area (Å²) < 4.78 is 66.0. The zero-order valence-electron chi connectivity index (χ0n) is 21.1. The Morgan fingerprint density at radius 3 is 2.18 bits per heavy atom. The van der Waals surface area contributed by atoms with Crippen LogP contribution in [0.25, 0.3) is 0 Å². The first kappa shape index (κ1) is 31.3. The Hall–Kier alpha value is -2.21. The summed E-state index contributed by atoms with van der Waals surface area (Å²) >= 11 is 18.7. The van der Waals surface area contributed by atoms with E-state index in [0.29, 0.717) is 22.0 Å². The molecule has 1 N–H and O–H groups in total. The van der Waals surface area contributed by atoms with E-state index in [0.717, 1.165) is 42.9 Å². The van der Waals surface area contributed by atoms with Crippen LogP contribution in [-0.2, 0) is 32.3 Å². The van der Waals surface area contributed by atoms with Gasteiger partial charge >= 0.3 is 6.18 Å². The second-order valence-electron chi connectivity index (χ2n) is 9.32. The standard InChI is InChI=1S/C25H27Cl3F3N3O4S/c1-15(24(36)32-17-6-3-4-7-17)33(13-18-19(26)8-5-9-20(18)27)23(35)14-34(39(2,37)38)22-12-16(25(29,30)31)10-11-21(22)28/h5,8-12,15,17H,3-4,6-7,13-14H2,1-2H3,(H,32,36)/t15-/m0/s1. The summed E-state index contributed by atoms with van der Waals surface area (Å²) in [5, 5.41) is 3.01. The van der Waals surface area contributed by atoms with Crippen LogP contribution in [0, 0.1) is 0 Å². The second-order valence-corrected chi connectivity index (χ2v) is 12.4. The third-order valence-corrected chi connectivity index (χ3v) is 8.63. The molecule has 1 saturated carbocycles. The fourth-order valence-electron chi connectivity index (χ4n) is 4.30. The molecule has 14 heteroatoms. The zero-order chi connectivity index (χ0) is 29.1. The smallest absolute Gasteiger partial charge is 0.352 e. The molecule has 1 aliphatic rings. The third-order valence-electron chi connectivity index (χ3n) is 6.48. The summed E-state index contributed by atoms with van der Waals surface area (Å²) in [5.41, 5.74) is -1.36. The minimum absolute atomic E-state index is 0.0581. The third kappa shape index (κ3) is 7.93. The van der Waals surface area contributed by atoms with Gasteiger partial charge < -0.3 is 10.2 Å². The zero-order valence-corrected chi connectivity index (χ0v) is 24.1. The lowest BCUT2D eigenvalue weighted by Gasteiger charge is -2.32. The van der Waals surface area contributed by atoms with E-state index in [2.05, 4.69) is 5.32 Å². The molecule has 0 bridgehead atoms. The number of anilines is 1. The maximum atomic E-state index is 13.7. The molecule has 2 aromatic carbocycles. The highest BCUT2D eigenvalue weighted by Gasteiger charge is 2.35. The van der Waals surface area contributed by atoms with Gasteiger partial charge in [0, 0.05) is 28.2 Å². The number of hydrogen-bond acceptors (Lipinski definition) is 4. The number of carbonyl (C=O) groups is 2. The van der Waals surface area contributed by atoms with Gasteiger partial charge in [0.2, 0.25) is 21.8 Å². The molecule has 7 nitrogen and oxygen atoms in total. The highest BCUT2D eigenvalue weighted by molar-refractivity contribution is 7.92. The molecule has 1 fully saturated rings. The number of halogens is 6. The number of nitrogens with zero attached hydrogens (tertiary/aromatic N) is 2. The van der Waals surface area contributed by atoms with E-state index in [-0.39, 0.29) is 27.7 Å². The number of nitrogens with one attached hydrogen (secondary N) is 1. The van der Waals surface area contributed by atoms with Gasteiger partial charge in [0.1, 0.15) is 12.6 Å². The van der Waals surface area contributed by atoms with Crippen molar-refractivity contribution in [3.05, 3.63) is 62.6 Å². The first-order chi connectivity index (χ1) is 18.1. The fourth-order valence-corrected chi connectivity index (χ4v) is 5.94. The van der Waals surface area contributed by atoms with Gasteiger partial charge in [0.15, 0.2) is 0 Å². The number of rotatable bonds is 9. The van der Waals surface area contributed by atoms with Gasteiger partial charge in [0.05, 0.1) is 22.5 Å². The van der Waals surface area contributed by atoms with E-state index in [4.69, 9.17) is 34.8 Å². The molecule has 2 amide bonds. The van der Waals surface area contributed by atoms with Crippen molar-refractivity contribution in [3.8, 4) is 0 Å². The molecule has 0 aromatic heterocycles. The minimum Gasteiger partial charge on any atom is -0.352 e.